The molecule has 4 heteroatoms. The smallest absolute Gasteiger partial charge is 0.179 e. The molecule has 0 saturated heterocycles. The summed E-state index contributed by atoms with van der Waals surface area (Å²) in [5.74, 6) is 1.37. The van der Waals surface area contributed by atoms with Crippen molar-refractivity contribution in [3.05, 3.63) is 45.1 Å². The van der Waals surface area contributed by atoms with Crippen LogP contribution in [0.3, 0.4) is 0 Å². The first-order chi connectivity index (χ1) is 7.84. The van der Waals surface area contributed by atoms with Crippen molar-refractivity contribution in [2.24, 2.45) is 0 Å². The molecule has 82 valence electrons. The topological polar surface area (TPSA) is 25.8 Å². The molecule has 0 N–H and O–H groups in total. The van der Waals surface area contributed by atoms with Crippen molar-refractivity contribution in [2.75, 3.05) is 0 Å². The lowest BCUT2D eigenvalue weighted by Crippen LogP contribution is -2.11. The van der Waals surface area contributed by atoms with Crippen LogP contribution in [0.5, 0.6) is 0 Å². The summed E-state index contributed by atoms with van der Waals surface area (Å²) in [5, 5.41) is 0. The molecule has 0 saturated carbocycles. The van der Waals surface area contributed by atoms with E-state index < -0.39 is 0 Å². The third-order valence-electron chi connectivity index (χ3n) is 3.10. The molecule has 2 nitrogen and oxygen atoms in total. The van der Waals surface area contributed by atoms with E-state index in [2.05, 4.69) is 49.6 Å². The number of rotatable bonds is 1. The predicted octanol–water partition coefficient (Wildman–Crippen LogP) is 3.77. The summed E-state index contributed by atoms with van der Waals surface area (Å²) in [6, 6.07) is 8.67. The Morgan fingerprint density at radius 3 is 3.00 bits per heavy atom. The Morgan fingerprint density at radius 1 is 1.31 bits per heavy atom. The molecule has 0 radical (unpaired) electrons. The van der Waals surface area contributed by atoms with E-state index in [0.29, 0.717) is 5.92 Å². The van der Waals surface area contributed by atoms with Gasteiger partial charge in [-0.1, -0.05) is 24.3 Å². The number of aromatic nitrogens is 2. The quantitative estimate of drug-likeness (QED) is 0.800. The van der Waals surface area contributed by atoms with Gasteiger partial charge in [-0.3, -0.25) is 0 Å². The predicted molar refractivity (Wildman–Crippen MR) is 68.8 cm³/mol. The fourth-order valence-corrected chi connectivity index (χ4v) is 3.25. The Labute approximate surface area is 107 Å². The fraction of sp³-hybridized carbons (Fsp3) is 0.333. The van der Waals surface area contributed by atoms with Gasteiger partial charge >= 0.3 is 0 Å². The molecule has 0 amide bonds. The van der Waals surface area contributed by atoms with Crippen LogP contribution in [0.1, 0.15) is 35.7 Å². The summed E-state index contributed by atoms with van der Waals surface area (Å²) in [5.41, 5.74) is 2.88. The standard InChI is InChI=1S/C12H11BrN2S/c13-12-14-11(15-16-12)10-7-3-5-8-4-1-2-6-9(8)10/h1-2,4,6,10H,3,5,7H2. The molecule has 1 heterocycles. The molecule has 16 heavy (non-hydrogen) atoms. The minimum absolute atomic E-state index is 0.396. The number of nitrogens with zero attached hydrogens (tertiary/aromatic N) is 2. The summed E-state index contributed by atoms with van der Waals surface area (Å²) < 4.78 is 5.30. The van der Waals surface area contributed by atoms with Crippen molar-refractivity contribution in [2.45, 2.75) is 25.2 Å². The first-order valence-electron chi connectivity index (χ1n) is 5.41. The summed E-state index contributed by atoms with van der Waals surface area (Å²) >= 11 is 4.81. The van der Waals surface area contributed by atoms with Gasteiger partial charge in [0.15, 0.2) is 9.74 Å². The van der Waals surface area contributed by atoms with Crippen LogP contribution in [0, 0.1) is 0 Å². The van der Waals surface area contributed by atoms with Gasteiger partial charge in [-0.25, -0.2) is 4.98 Å². The highest BCUT2D eigenvalue weighted by Crippen LogP contribution is 2.35. The number of halogens is 1. The third-order valence-corrected chi connectivity index (χ3v) is 4.23. The zero-order chi connectivity index (χ0) is 11.0. The Hall–Kier alpha value is -0.740. The molecule has 1 aromatic heterocycles. The van der Waals surface area contributed by atoms with Crippen LogP contribution in [0.15, 0.2) is 28.2 Å². The van der Waals surface area contributed by atoms with Crippen molar-refractivity contribution in [1.82, 2.24) is 9.36 Å². The highest BCUT2D eigenvalue weighted by atomic mass is 79.9. The second-order valence-corrected chi connectivity index (χ2v) is 6.08. The number of fused-ring (bicyclic) bond motifs is 1. The lowest BCUT2D eigenvalue weighted by molar-refractivity contribution is 0.596. The maximum absolute atomic E-state index is 4.46. The molecule has 1 aliphatic rings. The molecular weight excluding hydrogens is 284 g/mol. The van der Waals surface area contributed by atoms with E-state index in [-0.39, 0.29) is 0 Å². The van der Waals surface area contributed by atoms with Crippen LogP contribution in [0.2, 0.25) is 0 Å². The molecule has 1 atom stereocenters. The van der Waals surface area contributed by atoms with Crippen LogP contribution in [0.4, 0.5) is 0 Å². The summed E-state index contributed by atoms with van der Waals surface area (Å²) in [4.78, 5) is 4.46. The summed E-state index contributed by atoms with van der Waals surface area (Å²) in [7, 11) is 0. The van der Waals surface area contributed by atoms with E-state index in [0.717, 1.165) is 9.74 Å². The van der Waals surface area contributed by atoms with Crippen molar-refractivity contribution in [3.63, 3.8) is 0 Å². The summed E-state index contributed by atoms with van der Waals surface area (Å²) in [6.45, 7) is 0. The maximum Gasteiger partial charge on any atom is 0.179 e. The fourth-order valence-electron chi connectivity index (χ4n) is 2.38. The van der Waals surface area contributed by atoms with Crippen molar-refractivity contribution < 1.29 is 0 Å². The number of hydrogen-bond donors (Lipinski definition) is 0. The lowest BCUT2D eigenvalue weighted by atomic mass is 9.82. The van der Waals surface area contributed by atoms with Crippen molar-refractivity contribution >= 4 is 27.5 Å². The lowest BCUT2D eigenvalue weighted by Gasteiger charge is -2.23. The Balaban J connectivity index is 2.04. The molecule has 0 spiro atoms. The van der Waals surface area contributed by atoms with Gasteiger partial charge in [0.05, 0.1) is 0 Å². The van der Waals surface area contributed by atoms with Gasteiger partial charge in [-0.2, -0.15) is 4.37 Å². The SMILES string of the molecule is Brc1nc(C2CCCc3ccccc32)ns1. The molecule has 1 unspecified atom stereocenters. The van der Waals surface area contributed by atoms with Gasteiger partial charge in [0, 0.05) is 5.92 Å². The largest absolute Gasteiger partial charge is 0.212 e. The number of aryl methyl sites for hydroxylation is 1. The Morgan fingerprint density at radius 2 is 2.19 bits per heavy atom. The van der Waals surface area contributed by atoms with Crippen LogP contribution in [-0.2, 0) is 6.42 Å². The van der Waals surface area contributed by atoms with Gasteiger partial charge < -0.3 is 0 Å². The molecule has 1 aromatic carbocycles. The maximum atomic E-state index is 4.46. The average molecular weight is 295 g/mol. The second-order valence-electron chi connectivity index (χ2n) is 4.05. The van der Waals surface area contributed by atoms with Gasteiger partial charge in [-0.05, 0) is 57.9 Å². The zero-order valence-electron chi connectivity index (χ0n) is 8.69. The van der Waals surface area contributed by atoms with E-state index >= 15 is 0 Å². The van der Waals surface area contributed by atoms with E-state index in [1.54, 1.807) is 0 Å². The number of benzene rings is 1. The normalized spacial score (nSPS) is 19.4. The average Bonchev–Trinajstić information content (AvgIpc) is 2.75. The van der Waals surface area contributed by atoms with Crippen molar-refractivity contribution in [3.8, 4) is 0 Å². The van der Waals surface area contributed by atoms with Gasteiger partial charge in [0.2, 0.25) is 0 Å². The molecule has 2 aromatic rings. The van der Waals surface area contributed by atoms with Gasteiger partial charge in [0.25, 0.3) is 0 Å². The minimum Gasteiger partial charge on any atom is -0.212 e. The molecular formula is C12H11BrN2S. The van der Waals surface area contributed by atoms with Gasteiger partial charge in [0.1, 0.15) is 0 Å². The van der Waals surface area contributed by atoms with Crippen molar-refractivity contribution in [1.29, 1.82) is 0 Å². The highest BCUT2D eigenvalue weighted by molar-refractivity contribution is 9.11. The van der Waals surface area contributed by atoms with Crippen LogP contribution < -0.4 is 0 Å². The first-order valence-corrected chi connectivity index (χ1v) is 6.98. The highest BCUT2D eigenvalue weighted by Gasteiger charge is 2.24. The molecule has 0 aliphatic heterocycles. The molecule has 0 fully saturated rings. The monoisotopic (exact) mass is 294 g/mol. The number of hydrogen-bond acceptors (Lipinski definition) is 3. The van der Waals surface area contributed by atoms with E-state index in [9.17, 15) is 0 Å². The minimum atomic E-state index is 0.396. The van der Waals surface area contributed by atoms with E-state index in [1.165, 1.54) is 41.9 Å². The first kappa shape index (κ1) is 10.4. The molecule has 3 rings (SSSR count). The van der Waals surface area contributed by atoms with Crippen LogP contribution >= 0.6 is 27.5 Å². The molecule has 1 aliphatic carbocycles. The van der Waals surface area contributed by atoms with Gasteiger partial charge in [-0.15, -0.1) is 0 Å². The zero-order valence-corrected chi connectivity index (χ0v) is 11.1. The second kappa shape index (κ2) is 4.26. The van der Waals surface area contributed by atoms with Crippen LogP contribution in [0.25, 0.3) is 0 Å². The summed E-state index contributed by atoms with van der Waals surface area (Å²) in [6.07, 6.45) is 3.59. The molecule has 0 bridgehead atoms. The van der Waals surface area contributed by atoms with Crippen LogP contribution in [-0.4, -0.2) is 9.36 Å². The third kappa shape index (κ3) is 1.80. The Bertz CT molecular complexity index is 509. The Kier molecular flexibility index (Phi) is 2.77. The van der Waals surface area contributed by atoms with E-state index in [1.807, 2.05) is 0 Å². The van der Waals surface area contributed by atoms with E-state index in [4.69, 9.17) is 0 Å².